The highest BCUT2D eigenvalue weighted by molar-refractivity contribution is 5.85. The van der Waals surface area contributed by atoms with Gasteiger partial charge in [-0.1, -0.05) is 12.1 Å². The molecular formula is C15H23ClN2O2. The third-order valence-corrected chi connectivity index (χ3v) is 3.38. The Morgan fingerprint density at radius 2 is 2.15 bits per heavy atom. The lowest BCUT2D eigenvalue weighted by Crippen LogP contribution is -2.48. The highest BCUT2D eigenvalue weighted by Crippen LogP contribution is 2.19. The maximum absolute atomic E-state index is 11.6. The van der Waals surface area contributed by atoms with Crippen molar-refractivity contribution in [3.8, 4) is 5.75 Å². The standard InChI is InChI=1S/C15H22N2O2.ClH/c1-11-3-4-12(2)14(7-11)19-6-5-15(18)17-10-13-8-16-9-13;/h3-4,7,13,16H,5-6,8-10H2,1-2H3,(H,17,18);1H. The quantitative estimate of drug-likeness (QED) is 0.842. The van der Waals surface area contributed by atoms with Gasteiger partial charge in [0.15, 0.2) is 0 Å². The number of benzene rings is 1. The number of amides is 1. The number of hydrogen-bond donors (Lipinski definition) is 2. The van der Waals surface area contributed by atoms with Crippen LogP contribution in [0.1, 0.15) is 17.5 Å². The second-order valence-electron chi connectivity index (χ2n) is 5.20. The highest BCUT2D eigenvalue weighted by Gasteiger charge is 2.16. The molecule has 1 aliphatic heterocycles. The Morgan fingerprint density at radius 1 is 1.40 bits per heavy atom. The van der Waals surface area contributed by atoms with Crippen LogP contribution in [0.5, 0.6) is 5.75 Å². The SMILES string of the molecule is Cc1ccc(C)c(OCCC(=O)NCC2CNC2)c1.Cl. The normalized spacial score (nSPS) is 14.1. The van der Waals surface area contributed by atoms with Crippen molar-refractivity contribution >= 4 is 18.3 Å². The van der Waals surface area contributed by atoms with Gasteiger partial charge >= 0.3 is 0 Å². The van der Waals surface area contributed by atoms with Gasteiger partial charge in [-0.3, -0.25) is 4.79 Å². The summed E-state index contributed by atoms with van der Waals surface area (Å²) in [6.45, 7) is 7.27. The van der Waals surface area contributed by atoms with Gasteiger partial charge in [-0.15, -0.1) is 12.4 Å². The Morgan fingerprint density at radius 3 is 2.80 bits per heavy atom. The Kier molecular flexibility index (Phi) is 6.82. The van der Waals surface area contributed by atoms with E-state index in [0.29, 0.717) is 18.9 Å². The second kappa shape index (κ2) is 8.12. The molecule has 1 amide bonds. The first-order valence-corrected chi connectivity index (χ1v) is 6.82. The molecule has 112 valence electrons. The summed E-state index contributed by atoms with van der Waals surface area (Å²) in [5.74, 6) is 1.54. The lowest BCUT2D eigenvalue weighted by Gasteiger charge is -2.27. The van der Waals surface area contributed by atoms with Crippen LogP contribution in [0, 0.1) is 19.8 Å². The third-order valence-electron chi connectivity index (χ3n) is 3.38. The average molecular weight is 299 g/mol. The summed E-state index contributed by atoms with van der Waals surface area (Å²) in [4.78, 5) is 11.6. The van der Waals surface area contributed by atoms with Crippen LogP contribution in [-0.2, 0) is 4.79 Å². The zero-order valence-corrected chi connectivity index (χ0v) is 12.9. The summed E-state index contributed by atoms with van der Waals surface area (Å²) in [5, 5.41) is 6.12. The summed E-state index contributed by atoms with van der Waals surface area (Å²) in [6.07, 6.45) is 0.410. The van der Waals surface area contributed by atoms with Gasteiger partial charge < -0.3 is 15.4 Å². The Hall–Kier alpha value is -1.26. The Balaban J connectivity index is 0.00000200. The summed E-state index contributed by atoms with van der Waals surface area (Å²) in [5.41, 5.74) is 2.27. The predicted molar refractivity (Wildman–Crippen MR) is 82.6 cm³/mol. The number of rotatable bonds is 6. The van der Waals surface area contributed by atoms with E-state index in [2.05, 4.69) is 16.7 Å². The van der Waals surface area contributed by atoms with Gasteiger partial charge in [0.2, 0.25) is 5.91 Å². The number of carbonyl (C=O) groups excluding carboxylic acids is 1. The molecule has 1 fully saturated rings. The topological polar surface area (TPSA) is 50.4 Å². The molecule has 5 heteroatoms. The number of ether oxygens (including phenoxy) is 1. The molecule has 0 aliphatic carbocycles. The first-order chi connectivity index (χ1) is 9.15. The van der Waals surface area contributed by atoms with Gasteiger partial charge in [0.25, 0.3) is 0 Å². The van der Waals surface area contributed by atoms with Crippen LogP contribution in [0.25, 0.3) is 0 Å². The van der Waals surface area contributed by atoms with Crippen molar-refractivity contribution in [3.05, 3.63) is 29.3 Å². The minimum atomic E-state index is 0. The molecule has 0 saturated carbocycles. The fourth-order valence-electron chi connectivity index (χ4n) is 1.96. The maximum atomic E-state index is 11.6. The fraction of sp³-hybridized carbons (Fsp3) is 0.533. The molecule has 2 N–H and O–H groups in total. The van der Waals surface area contributed by atoms with Crippen molar-refractivity contribution in [2.24, 2.45) is 5.92 Å². The Bertz CT molecular complexity index is 447. The minimum Gasteiger partial charge on any atom is -0.493 e. The third kappa shape index (κ3) is 5.02. The second-order valence-corrected chi connectivity index (χ2v) is 5.20. The van der Waals surface area contributed by atoms with Crippen LogP contribution in [0.3, 0.4) is 0 Å². The van der Waals surface area contributed by atoms with Gasteiger partial charge in [0.1, 0.15) is 5.75 Å². The van der Waals surface area contributed by atoms with Gasteiger partial charge in [-0.2, -0.15) is 0 Å². The van der Waals surface area contributed by atoms with E-state index < -0.39 is 0 Å². The number of carbonyl (C=O) groups is 1. The van der Waals surface area contributed by atoms with Gasteiger partial charge in [-0.05, 0) is 31.0 Å². The zero-order valence-electron chi connectivity index (χ0n) is 12.1. The van der Waals surface area contributed by atoms with Crippen LogP contribution in [0.2, 0.25) is 0 Å². The van der Waals surface area contributed by atoms with E-state index >= 15 is 0 Å². The van der Waals surface area contributed by atoms with Gasteiger partial charge in [-0.25, -0.2) is 0 Å². The van der Waals surface area contributed by atoms with E-state index in [1.807, 2.05) is 26.0 Å². The molecule has 0 atom stereocenters. The molecule has 1 saturated heterocycles. The number of halogens is 1. The molecule has 0 radical (unpaired) electrons. The molecular weight excluding hydrogens is 276 g/mol. The van der Waals surface area contributed by atoms with E-state index in [-0.39, 0.29) is 18.3 Å². The number of hydrogen-bond acceptors (Lipinski definition) is 3. The van der Waals surface area contributed by atoms with Gasteiger partial charge in [0.05, 0.1) is 13.0 Å². The molecule has 20 heavy (non-hydrogen) atoms. The molecule has 0 aromatic heterocycles. The first-order valence-electron chi connectivity index (χ1n) is 6.82. The maximum Gasteiger partial charge on any atom is 0.223 e. The predicted octanol–water partition coefficient (Wildman–Crippen LogP) is 1.83. The van der Waals surface area contributed by atoms with Crippen LogP contribution < -0.4 is 15.4 Å². The lowest BCUT2D eigenvalue weighted by molar-refractivity contribution is -0.121. The van der Waals surface area contributed by atoms with Crippen molar-refractivity contribution in [1.29, 1.82) is 0 Å². The summed E-state index contributed by atoms with van der Waals surface area (Å²) < 4.78 is 5.66. The molecule has 1 aromatic rings. The number of nitrogens with one attached hydrogen (secondary N) is 2. The molecule has 4 nitrogen and oxygen atoms in total. The van der Waals surface area contributed by atoms with Gasteiger partial charge in [0, 0.05) is 25.6 Å². The molecule has 0 bridgehead atoms. The van der Waals surface area contributed by atoms with E-state index in [9.17, 15) is 4.79 Å². The average Bonchev–Trinajstić information content (AvgIpc) is 2.31. The van der Waals surface area contributed by atoms with Crippen molar-refractivity contribution in [2.75, 3.05) is 26.2 Å². The van der Waals surface area contributed by atoms with Crippen molar-refractivity contribution in [3.63, 3.8) is 0 Å². The fourth-order valence-corrected chi connectivity index (χ4v) is 1.96. The smallest absolute Gasteiger partial charge is 0.223 e. The summed E-state index contributed by atoms with van der Waals surface area (Å²) in [6, 6.07) is 6.10. The van der Waals surface area contributed by atoms with E-state index in [1.54, 1.807) is 0 Å². The van der Waals surface area contributed by atoms with Crippen molar-refractivity contribution in [2.45, 2.75) is 20.3 Å². The molecule has 1 aromatic carbocycles. The van der Waals surface area contributed by atoms with E-state index in [0.717, 1.165) is 30.9 Å². The monoisotopic (exact) mass is 298 g/mol. The summed E-state index contributed by atoms with van der Waals surface area (Å²) in [7, 11) is 0. The minimum absolute atomic E-state index is 0. The zero-order chi connectivity index (χ0) is 13.7. The molecule has 0 unspecified atom stereocenters. The Labute approximate surface area is 126 Å². The van der Waals surface area contributed by atoms with Crippen LogP contribution >= 0.6 is 12.4 Å². The van der Waals surface area contributed by atoms with Crippen molar-refractivity contribution in [1.82, 2.24) is 10.6 Å². The summed E-state index contributed by atoms with van der Waals surface area (Å²) >= 11 is 0. The van der Waals surface area contributed by atoms with Crippen LogP contribution in [-0.4, -0.2) is 32.1 Å². The van der Waals surface area contributed by atoms with Crippen LogP contribution in [0.15, 0.2) is 18.2 Å². The molecule has 1 heterocycles. The highest BCUT2D eigenvalue weighted by atomic mass is 35.5. The molecule has 1 aliphatic rings. The van der Waals surface area contributed by atoms with Crippen molar-refractivity contribution < 1.29 is 9.53 Å². The molecule has 2 rings (SSSR count). The van der Waals surface area contributed by atoms with Crippen LogP contribution in [0.4, 0.5) is 0 Å². The van der Waals surface area contributed by atoms with E-state index in [1.165, 1.54) is 5.56 Å². The molecule has 0 spiro atoms. The first kappa shape index (κ1) is 16.8. The number of aryl methyl sites for hydroxylation is 2. The lowest BCUT2D eigenvalue weighted by atomic mass is 10.0. The largest absolute Gasteiger partial charge is 0.493 e. The van der Waals surface area contributed by atoms with E-state index in [4.69, 9.17) is 4.74 Å².